The van der Waals surface area contributed by atoms with E-state index in [-0.39, 0.29) is 16.9 Å². The minimum atomic E-state index is -0.694. The summed E-state index contributed by atoms with van der Waals surface area (Å²) in [6.07, 6.45) is 1.68. The average Bonchev–Trinajstić information content (AvgIpc) is 3.03. The molecule has 2 heterocycles. The van der Waals surface area contributed by atoms with E-state index in [1.54, 1.807) is 56.5 Å². The summed E-state index contributed by atoms with van der Waals surface area (Å²) in [7, 11) is 1.56. The van der Waals surface area contributed by atoms with Crippen LogP contribution in [-0.4, -0.2) is 17.6 Å². The van der Waals surface area contributed by atoms with Gasteiger partial charge in [0.15, 0.2) is 4.80 Å². The number of halogens is 1. The lowest BCUT2D eigenvalue weighted by Gasteiger charge is -2.24. The number of thiazole rings is 1. The predicted octanol–water partition coefficient (Wildman–Crippen LogP) is 1.87. The van der Waals surface area contributed by atoms with Gasteiger partial charge >= 0.3 is 0 Å². The lowest BCUT2D eigenvalue weighted by atomic mass is 9.95. The van der Waals surface area contributed by atoms with Gasteiger partial charge in [-0.25, -0.2) is 9.38 Å². The van der Waals surface area contributed by atoms with Crippen LogP contribution in [0.5, 0.6) is 5.75 Å². The van der Waals surface area contributed by atoms with Crippen LogP contribution in [0.3, 0.4) is 0 Å². The Balaban J connectivity index is 1.94. The highest BCUT2D eigenvalue weighted by atomic mass is 32.1. The van der Waals surface area contributed by atoms with Crippen molar-refractivity contribution in [1.82, 2.24) is 4.57 Å². The van der Waals surface area contributed by atoms with E-state index in [2.05, 4.69) is 4.99 Å². The number of allylic oxidation sites excluding steroid dienone is 1. The SMILES string of the molecule is COc1ccc([C@@H]2C(C(N)=O)=C(C)N=c3s/c(=C\c4ccc(F)cc4)c(=O)n32)cc1. The Hall–Kier alpha value is -3.52. The van der Waals surface area contributed by atoms with Crippen LogP contribution in [0.25, 0.3) is 6.08 Å². The highest BCUT2D eigenvalue weighted by molar-refractivity contribution is 7.07. The van der Waals surface area contributed by atoms with Crippen molar-refractivity contribution in [3.8, 4) is 5.75 Å². The molecule has 1 amide bonds. The zero-order valence-electron chi connectivity index (χ0n) is 16.3. The fraction of sp³-hybridized carbons (Fsp3) is 0.136. The number of nitrogens with zero attached hydrogens (tertiary/aromatic N) is 2. The minimum Gasteiger partial charge on any atom is -0.497 e. The smallest absolute Gasteiger partial charge is 0.271 e. The maximum atomic E-state index is 13.3. The van der Waals surface area contributed by atoms with Crippen molar-refractivity contribution < 1.29 is 13.9 Å². The number of primary amides is 1. The van der Waals surface area contributed by atoms with Crippen molar-refractivity contribution in [1.29, 1.82) is 0 Å². The van der Waals surface area contributed by atoms with Gasteiger partial charge in [0.05, 0.1) is 29.0 Å². The zero-order chi connectivity index (χ0) is 21.4. The average molecular weight is 423 g/mol. The molecule has 0 radical (unpaired) electrons. The fourth-order valence-electron chi connectivity index (χ4n) is 3.45. The molecule has 0 fully saturated rings. The van der Waals surface area contributed by atoms with Crippen LogP contribution >= 0.6 is 11.3 Å². The molecule has 2 N–H and O–H groups in total. The third-order valence-corrected chi connectivity index (χ3v) is 5.87. The summed E-state index contributed by atoms with van der Waals surface area (Å²) in [5, 5.41) is 0. The normalized spacial score (nSPS) is 16.2. The van der Waals surface area contributed by atoms with E-state index in [0.29, 0.717) is 31.9 Å². The van der Waals surface area contributed by atoms with E-state index in [4.69, 9.17) is 10.5 Å². The maximum absolute atomic E-state index is 13.3. The Morgan fingerprint density at radius 1 is 1.20 bits per heavy atom. The summed E-state index contributed by atoms with van der Waals surface area (Å²) in [4.78, 5) is 30.4. The molecule has 0 saturated carbocycles. The Kier molecular flexibility index (Phi) is 5.09. The van der Waals surface area contributed by atoms with Crippen LogP contribution in [-0.2, 0) is 4.79 Å². The molecule has 152 valence electrons. The molecular formula is C22H18FN3O3S. The number of aromatic nitrogens is 1. The van der Waals surface area contributed by atoms with Crippen LogP contribution in [0.1, 0.15) is 24.1 Å². The maximum Gasteiger partial charge on any atom is 0.271 e. The highest BCUT2D eigenvalue weighted by Gasteiger charge is 2.31. The van der Waals surface area contributed by atoms with Gasteiger partial charge in [0.25, 0.3) is 5.56 Å². The van der Waals surface area contributed by atoms with Gasteiger partial charge in [-0.3, -0.25) is 14.2 Å². The molecule has 1 aliphatic heterocycles. The highest BCUT2D eigenvalue weighted by Crippen LogP contribution is 2.30. The molecule has 0 unspecified atom stereocenters. The second-order valence-corrected chi connectivity index (χ2v) is 7.78. The summed E-state index contributed by atoms with van der Waals surface area (Å²) < 4.78 is 20.3. The lowest BCUT2D eigenvalue weighted by molar-refractivity contribution is -0.115. The number of hydrogen-bond donors (Lipinski definition) is 1. The van der Waals surface area contributed by atoms with Gasteiger partial charge in [-0.2, -0.15) is 0 Å². The molecule has 1 atom stereocenters. The van der Waals surface area contributed by atoms with Crippen LogP contribution in [0, 0.1) is 5.82 Å². The minimum absolute atomic E-state index is 0.265. The number of benzene rings is 2. The van der Waals surface area contributed by atoms with E-state index in [0.717, 1.165) is 0 Å². The van der Waals surface area contributed by atoms with Crippen LogP contribution in [0.2, 0.25) is 0 Å². The number of fused-ring (bicyclic) bond motifs is 1. The van der Waals surface area contributed by atoms with Crippen molar-refractivity contribution in [3.63, 3.8) is 0 Å². The van der Waals surface area contributed by atoms with E-state index < -0.39 is 11.9 Å². The monoisotopic (exact) mass is 423 g/mol. The molecule has 6 nitrogen and oxygen atoms in total. The van der Waals surface area contributed by atoms with Crippen molar-refractivity contribution in [3.05, 3.63) is 96.4 Å². The first kappa shape index (κ1) is 19.8. The van der Waals surface area contributed by atoms with Gasteiger partial charge in [0, 0.05) is 0 Å². The van der Waals surface area contributed by atoms with Crippen molar-refractivity contribution >= 4 is 23.3 Å². The van der Waals surface area contributed by atoms with Gasteiger partial charge in [-0.1, -0.05) is 35.6 Å². The molecular weight excluding hydrogens is 405 g/mol. The Morgan fingerprint density at radius 2 is 1.87 bits per heavy atom. The van der Waals surface area contributed by atoms with Crippen molar-refractivity contribution in [2.45, 2.75) is 13.0 Å². The van der Waals surface area contributed by atoms with Crippen molar-refractivity contribution in [2.75, 3.05) is 7.11 Å². The summed E-state index contributed by atoms with van der Waals surface area (Å²) in [5.41, 5.74) is 7.50. The molecule has 4 rings (SSSR count). The van der Waals surface area contributed by atoms with E-state index in [1.165, 1.54) is 28.0 Å². The quantitative estimate of drug-likeness (QED) is 0.695. The number of rotatable bonds is 4. The summed E-state index contributed by atoms with van der Waals surface area (Å²) in [6.45, 7) is 1.70. The number of ether oxygens (including phenoxy) is 1. The molecule has 0 bridgehead atoms. The summed E-state index contributed by atoms with van der Waals surface area (Å²) in [5.74, 6) is -0.330. The van der Waals surface area contributed by atoms with Crippen LogP contribution in [0.4, 0.5) is 4.39 Å². The molecule has 2 aromatic carbocycles. The van der Waals surface area contributed by atoms with E-state index in [9.17, 15) is 14.0 Å². The third kappa shape index (κ3) is 3.46. The van der Waals surface area contributed by atoms with Gasteiger partial charge in [-0.15, -0.1) is 0 Å². The number of nitrogens with two attached hydrogens (primary N) is 1. The molecule has 1 aromatic heterocycles. The van der Waals surface area contributed by atoms with Gasteiger partial charge < -0.3 is 10.5 Å². The molecule has 0 aliphatic carbocycles. The number of methoxy groups -OCH3 is 1. The second kappa shape index (κ2) is 7.72. The standard InChI is InChI=1S/C22H18FN3O3S/c1-12-18(20(24)27)19(14-5-9-16(29-2)10-6-14)26-21(28)17(30-22(26)25-12)11-13-3-7-15(23)8-4-13/h3-11,19H,1-2H3,(H2,24,27)/b17-11-/t19-/m1/s1. The first-order valence-electron chi connectivity index (χ1n) is 9.11. The number of carbonyl (C=O) groups excluding carboxylic acids is 1. The second-order valence-electron chi connectivity index (χ2n) is 6.77. The van der Waals surface area contributed by atoms with E-state index in [1.807, 2.05) is 0 Å². The number of carbonyl (C=O) groups is 1. The molecule has 0 spiro atoms. The van der Waals surface area contributed by atoms with E-state index >= 15 is 0 Å². The first-order valence-corrected chi connectivity index (χ1v) is 9.92. The Bertz CT molecular complexity index is 1340. The van der Waals surface area contributed by atoms with Crippen LogP contribution in [0.15, 0.2) is 69.6 Å². The Morgan fingerprint density at radius 3 is 2.47 bits per heavy atom. The first-order chi connectivity index (χ1) is 14.4. The predicted molar refractivity (Wildman–Crippen MR) is 112 cm³/mol. The molecule has 3 aromatic rings. The summed E-state index contributed by atoms with van der Waals surface area (Å²) >= 11 is 1.21. The fourth-order valence-corrected chi connectivity index (χ4v) is 4.49. The topological polar surface area (TPSA) is 86.7 Å². The lowest BCUT2D eigenvalue weighted by Crippen LogP contribution is -2.40. The summed E-state index contributed by atoms with van der Waals surface area (Å²) in [6, 6.07) is 12.3. The van der Waals surface area contributed by atoms with Crippen molar-refractivity contribution in [2.24, 2.45) is 10.7 Å². The Labute approximate surface area is 175 Å². The molecule has 8 heteroatoms. The number of hydrogen-bond acceptors (Lipinski definition) is 5. The largest absolute Gasteiger partial charge is 0.497 e. The van der Waals surface area contributed by atoms with Gasteiger partial charge in [0.1, 0.15) is 11.6 Å². The third-order valence-electron chi connectivity index (χ3n) is 4.89. The molecule has 0 saturated heterocycles. The van der Waals surface area contributed by atoms with Gasteiger partial charge in [-0.05, 0) is 48.4 Å². The number of amides is 1. The zero-order valence-corrected chi connectivity index (χ0v) is 17.1. The van der Waals surface area contributed by atoms with Crippen LogP contribution < -0.4 is 25.4 Å². The van der Waals surface area contributed by atoms with Gasteiger partial charge in [0.2, 0.25) is 5.91 Å². The molecule has 1 aliphatic rings. The molecule has 30 heavy (non-hydrogen) atoms.